The normalized spacial score (nSPS) is 18.6. The van der Waals surface area contributed by atoms with Gasteiger partial charge in [0.25, 0.3) is 15.9 Å². The van der Waals surface area contributed by atoms with Gasteiger partial charge in [0.2, 0.25) is 0 Å². The number of methoxy groups -OCH3 is 1. The zero-order chi connectivity index (χ0) is 22.3. The van der Waals surface area contributed by atoms with E-state index < -0.39 is 22.0 Å². The smallest absolute Gasteiger partial charge is 0.267 e. The maximum absolute atomic E-state index is 13.2. The van der Waals surface area contributed by atoms with Crippen LogP contribution < -0.4 is 9.46 Å². The first kappa shape index (κ1) is 20.9. The molecule has 32 heavy (non-hydrogen) atoms. The van der Waals surface area contributed by atoms with E-state index in [-0.39, 0.29) is 4.90 Å². The number of fused-ring (bicyclic) bond motifs is 2. The maximum Gasteiger partial charge on any atom is 0.267 e. The average Bonchev–Trinajstić information content (AvgIpc) is 2.77. The number of rotatable bonds is 5. The molecule has 2 aliphatic rings. The molecule has 1 N–H and O–H groups in total. The minimum absolute atomic E-state index is 0.00247. The van der Waals surface area contributed by atoms with Gasteiger partial charge in [-0.3, -0.25) is 9.78 Å². The van der Waals surface area contributed by atoms with Crippen LogP contribution in [0.3, 0.4) is 0 Å². The number of hydrogen-bond acceptors (Lipinski definition) is 6. The Morgan fingerprint density at radius 1 is 1.16 bits per heavy atom. The minimum atomic E-state index is -4.14. The van der Waals surface area contributed by atoms with E-state index in [2.05, 4.69) is 15.8 Å². The number of nitrogens with one attached hydrogen (secondary N) is 1. The van der Waals surface area contributed by atoms with Gasteiger partial charge in [0, 0.05) is 17.1 Å². The molecular weight excluding hydrogens is 428 g/mol. The number of carbonyl (C=O) groups excluding carboxylic acids is 1. The largest absolute Gasteiger partial charge is 0.496 e. The molecule has 0 bridgehead atoms. The van der Waals surface area contributed by atoms with Crippen LogP contribution in [0.1, 0.15) is 48.0 Å². The lowest BCUT2D eigenvalue weighted by molar-refractivity contribution is -0.132. The third kappa shape index (κ3) is 3.53. The van der Waals surface area contributed by atoms with Gasteiger partial charge in [-0.25, -0.2) is 13.1 Å². The highest BCUT2D eigenvalue weighted by molar-refractivity contribution is 7.90. The zero-order valence-electron chi connectivity index (χ0n) is 17.7. The van der Waals surface area contributed by atoms with Crippen molar-refractivity contribution in [3.05, 3.63) is 65.4 Å². The Balaban J connectivity index is 1.51. The second-order valence-electron chi connectivity index (χ2n) is 8.17. The molecule has 1 fully saturated rings. The van der Waals surface area contributed by atoms with E-state index in [0.717, 1.165) is 18.4 Å². The molecule has 1 aliphatic heterocycles. The summed E-state index contributed by atoms with van der Waals surface area (Å²) >= 11 is 0. The van der Waals surface area contributed by atoms with Crippen molar-refractivity contribution in [3.63, 3.8) is 0 Å². The van der Waals surface area contributed by atoms with Crippen molar-refractivity contribution >= 4 is 26.8 Å². The highest BCUT2D eigenvalue weighted by Crippen LogP contribution is 2.44. The number of ether oxygens (including phenoxy) is 2. The van der Waals surface area contributed by atoms with Crippen LogP contribution in [0, 0.1) is 0 Å². The topological polar surface area (TPSA) is 94.6 Å². The van der Waals surface area contributed by atoms with Crippen LogP contribution in [0.2, 0.25) is 0 Å². The summed E-state index contributed by atoms with van der Waals surface area (Å²) in [5.74, 6) is 0.286. The van der Waals surface area contributed by atoms with E-state index in [9.17, 15) is 13.2 Å². The lowest BCUT2D eigenvalue weighted by Gasteiger charge is -2.33. The van der Waals surface area contributed by atoms with Crippen LogP contribution in [0.25, 0.3) is 10.9 Å². The first-order valence-electron chi connectivity index (χ1n) is 10.7. The number of hydrogen-bond donors (Lipinski definition) is 1. The number of benzene rings is 2. The summed E-state index contributed by atoms with van der Waals surface area (Å²) in [6.45, 7) is 0.343. The summed E-state index contributed by atoms with van der Waals surface area (Å²) in [6, 6.07) is 12.1. The molecule has 3 aromatic rings. The molecule has 1 aromatic heterocycles. The quantitative estimate of drug-likeness (QED) is 0.635. The van der Waals surface area contributed by atoms with Crippen LogP contribution in [0.5, 0.6) is 5.75 Å². The van der Waals surface area contributed by atoms with Gasteiger partial charge >= 0.3 is 0 Å². The van der Waals surface area contributed by atoms with E-state index in [1.807, 2.05) is 6.07 Å². The molecule has 5 rings (SSSR count). The Bertz CT molecular complexity index is 1300. The van der Waals surface area contributed by atoms with Crippen molar-refractivity contribution in [1.82, 2.24) is 9.71 Å². The number of sulfonamides is 1. The van der Waals surface area contributed by atoms with Crippen molar-refractivity contribution in [1.29, 1.82) is 0 Å². The number of nitrogens with zero attached hydrogens (tertiary/aromatic N) is 1. The minimum Gasteiger partial charge on any atom is -0.496 e. The van der Waals surface area contributed by atoms with Crippen molar-refractivity contribution in [3.8, 4) is 5.75 Å². The number of carbonyl (C=O) groups is 1. The number of amides is 1. The third-order valence-electron chi connectivity index (χ3n) is 6.39. The van der Waals surface area contributed by atoms with Gasteiger partial charge in [-0.1, -0.05) is 18.6 Å². The van der Waals surface area contributed by atoms with E-state index in [0.29, 0.717) is 41.2 Å². The monoisotopic (exact) mass is 452 g/mol. The van der Waals surface area contributed by atoms with Gasteiger partial charge in [-0.05, 0) is 66.6 Å². The van der Waals surface area contributed by atoms with Crippen molar-refractivity contribution in [2.75, 3.05) is 13.7 Å². The van der Waals surface area contributed by atoms with Crippen LogP contribution in [-0.4, -0.2) is 33.0 Å². The van der Waals surface area contributed by atoms with E-state index in [4.69, 9.17) is 9.47 Å². The van der Waals surface area contributed by atoms with Crippen LogP contribution >= 0.6 is 0 Å². The molecule has 7 nitrogen and oxygen atoms in total. The first-order chi connectivity index (χ1) is 15.5. The molecule has 1 unspecified atom stereocenters. The Kier molecular flexibility index (Phi) is 5.35. The molecule has 166 valence electrons. The molecule has 1 atom stereocenters. The highest BCUT2D eigenvalue weighted by atomic mass is 32.2. The molecule has 0 saturated heterocycles. The fraction of sp³-hybridized carbons (Fsp3) is 0.333. The Labute approximate surface area is 186 Å². The van der Waals surface area contributed by atoms with Crippen LogP contribution in [0.15, 0.2) is 53.6 Å². The van der Waals surface area contributed by atoms with Crippen LogP contribution in [0.4, 0.5) is 0 Å². The standard InChI is InChI=1S/C24H24N2O5S/c1-30-20-11-10-16(15-5-2-6-15)17-12-14-31-23(22(17)20)24(27)26-32(28,29)21-9-3-8-19-18(21)7-4-13-25-19/h3-4,7-11,13,15,23H,2,5-6,12,14H2,1H3,(H,26,27). The fourth-order valence-electron chi connectivity index (χ4n) is 4.63. The molecule has 1 aliphatic carbocycles. The second-order valence-corrected chi connectivity index (χ2v) is 9.82. The van der Waals surface area contributed by atoms with Gasteiger partial charge in [-0.2, -0.15) is 0 Å². The van der Waals surface area contributed by atoms with Crippen molar-refractivity contribution < 1.29 is 22.7 Å². The zero-order valence-corrected chi connectivity index (χ0v) is 18.5. The maximum atomic E-state index is 13.2. The van der Waals surface area contributed by atoms with Gasteiger partial charge in [0.1, 0.15) is 5.75 Å². The van der Waals surface area contributed by atoms with E-state index in [1.165, 1.54) is 18.1 Å². The highest BCUT2D eigenvalue weighted by Gasteiger charge is 2.36. The molecule has 8 heteroatoms. The lowest BCUT2D eigenvalue weighted by atomic mass is 9.76. The Hall–Kier alpha value is -2.97. The molecule has 0 radical (unpaired) electrons. The van der Waals surface area contributed by atoms with Crippen LogP contribution in [-0.2, 0) is 26.0 Å². The molecule has 1 amide bonds. The third-order valence-corrected chi connectivity index (χ3v) is 7.79. The SMILES string of the molecule is COc1ccc(C2CCC2)c2c1C(C(=O)NS(=O)(=O)c1cccc3ncccc13)OCC2. The van der Waals surface area contributed by atoms with Gasteiger partial charge in [0.05, 0.1) is 24.1 Å². The fourth-order valence-corrected chi connectivity index (χ4v) is 5.83. The summed E-state index contributed by atoms with van der Waals surface area (Å²) < 4.78 is 39.9. The Morgan fingerprint density at radius 3 is 2.75 bits per heavy atom. The summed E-state index contributed by atoms with van der Waals surface area (Å²) in [7, 11) is -2.59. The second kappa shape index (κ2) is 8.18. The first-order valence-corrected chi connectivity index (χ1v) is 12.2. The molecule has 1 saturated carbocycles. The molecule has 0 spiro atoms. The summed E-state index contributed by atoms with van der Waals surface area (Å²) in [5, 5.41) is 0.449. The van der Waals surface area contributed by atoms with Gasteiger partial charge in [0.15, 0.2) is 6.10 Å². The molecule has 2 aromatic carbocycles. The predicted molar refractivity (Wildman–Crippen MR) is 119 cm³/mol. The predicted octanol–water partition coefficient (Wildman–Crippen LogP) is 3.63. The van der Waals surface area contributed by atoms with E-state index in [1.54, 1.807) is 37.6 Å². The van der Waals surface area contributed by atoms with Crippen molar-refractivity contribution in [2.45, 2.75) is 42.6 Å². The van der Waals surface area contributed by atoms with Crippen molar-refractivity contribution in [2.24, 2.45) is 0 Å². The van der Waals surface area contributed by atoms with Gasteiger partial charge in [-0.15, -0.1) is 0 Å². The number of aromatic nitrogens is 1. The summed E-state index contributed by atoms with van der Waals surface area (Å²) in [6.07, 6.45) is 4.65. The summed E-state index contributed by atoms with van der Waals surface area (Å²) in [4.78, 5) is 17.4. The molecular formula is C24H24N2O5S. The lowest BCUT2D eigenvalue weighted by Crippen LogP contribution is -2.38. The van der Waals surface area contributed by atoms with Gasteiger partial charge < -0.3 is 9.47 Å². The average molecular weight is 453 g/mol. The Morgan fingerprint density at radius 2 is 2.00 bits per heavy atom. The number of pyridine rings is 1. The van der Waals surface area contributed by atoms with E-state index >= 15 is 0 Å². The molecule has 2 heterocycles. The summed E-state index contributed by atoms with van der Waals surface area (Å²) in [5.41, 5.74) is 3.44.